The topological polar surface area (TPSA) is 61.8 Å². The smallest absolute Gasteiger partial charge is 0.328 e. The molecule has 2 heterocycles. The number of hydrogen-bond donors (Lipinski definition) is 0. The molecule has 0 fully saturated rings. The van der Waals surface area contributed by atoms with Crippen molar-refractivity contribution in [2.45, 2.75) is 13.8 Å². The van der Waals surface area contributed by atoms with Crippen molar-refractivity contribution in [3.63, 3.8) is 0 Å². The van der Waals surface area contributed by atoms with E-state index in [2.05, 4.69) is 4.98 Å². The lowest BCUT2D eigenvalue weighted by Crippen LogP contribution is -2.37. The van der Waals surface area contributed by atoms with Crippen LogP contribution in [0.5, 0.6) is 0 Å². The maximum atomic E-state index is 11.7. The fraction of sp³-hybridized carbons (Fsp3) is 0.500. The molecule has 2 rings (SSSR count). The Morgan fingerprint density at radius 1 is 1.06 bits per heavy atom. The van der Waals surface area contributed by atoms with Crippen molar-refractivity contribution in [2.75, 3.05) is 0 Å². The minimum absolute atomic E-state index is 0.317. The normalized spacial score (nSPS) is 10.1. The summed E-state index contributed by atoms with van der Waals surface area (Å²) in [6.45, 7) is 4.00. The molecule has 6 heteroatoms. The van der Waals surface area contributed by atoms with Gasteiger partial charge in [-0.1, -0.05) is 13.8 Å². The van der Waals surface area contributed by atoms with Crippen molar-refractivity contribution in [1.29, 1.82) is 0 Å². The second-order valence-electron chi connectivity index (χ2n) is 3.23. The summed E-state index contributed by atoms with van der Waals surface area (Å²) >= 11 is 0. The van der Waals surface area contributed by atoms with Crippen LogP contribution >= 0.6 is 0 Å². The molecule has 0 aliphatic carbocycles. The lowest BCUT2D eigenvalue weighted by atomic mass is 10.5. The molecule has 0 spiro atoms. The molecule has 0 saturated carbocycles. The summed E-state index contributed by atoms with van der Waals surface area (Å²) in [4.78, 5) is 27.2. The Morgan fingerprint density at radius 3 is 2.19 bits per heavy atom. The van der Waals surface area contributed by atoms with Gasteiger partial charge in [0.1, 0.15) is 0 Å². The molecule has 6 nitrogen and oxygen atoms in total. The number of fused-ring (bicyclic) bond motifs is 1. The van der Waals surface area contributed by atoms with Crippen LogP contribution in [0.2, 0.25) is 0 Å². The fourth-order valence-electron chi connectivity index (χ4n) is 1.47. The zero-order chi connectivity index (χ0) is 12.5. The van der Waals surface area contributed by atoms with Crippen LogP contribution in [-0.4, -0.2) is 18.7 Å². The van der Waals surface area contributed by atoms with E-state index in [9.17, 15) is 9.59 Å². The van der Waals surface area contributed by atoms with Gasteiger partial charge in [0.15, 0.2) is 11.2 Å². The average molecular weight is 224 g/mol. The van der Waals surface area contributed by atoms with Gasteiger partial charge in [0.25, 0.3) is 5.56 Å². The summed E-state index contributed by atoms with van der Waals surface area (Å²) in [5, 5.41) is 0. The number of nitrogens with zero attached hydrogens (tertiary/aromatic N) is 4. The first-order valence-corrected chi connectivity index (χ1v) is 5.11. The molecule has 0 bridgehead atoms. The summed E-state index contributed by atoms with van der Waals surface area (Å²) in [5.74, 6) is 0. The van der Waals surface area contributed by atoms with Gasteiger partial charge in [-0.15, -0.1) is 0 Å². The maximum absolute atomic E-state index is 11.7. The number of imidazole rings is 1. The Morgan fingerprint density at radius 2 is 1.62 bits per heavy atom. The van der Waals surface area contributed by atoms with Crippen LogP contribution in [0.4, 0.5) is 0 Å². The fourth-order valence-corrected chi connectivity index (χ4v) is 1.47. The number of aryl methyl sites for hydroxylation is 2. The zero-order valence-corrected chi connectivity index (χ0v) is 10.2. The largest absolute Gasteiger partial charge is 0.332 e. The third-order valence-electron chi connectivity index (χ3n) is 2.32. The first kappa shape index (κ1) is 12.2. The number of hydrogen-bond acceptors (Lipinski definition) is 3. The molecule has 0 radical (unpaired) electrons. The molecule has 0 aliphatic heterocycles. The van der Waals surface area contributed by atoms with Crippen LogP contribution in [0.3, 0.4) is 0 Å². The highest BCUT2D eigenvalue weighted by Gasteiger charge is 2.11. The van der Waals surface area contributed by atoms with E-state index in [1.54, 1.807) is 18.7 Å². The Hall–Kier alpha value is -1.85. The highest BCUT2D eigenvalue weighted by molar-refractivity contribution is 5.69. The average Bonchev–Trinajstić information content (AvgIpc) is 2.68. The minimum Gasteiger partial charge on any atom is -0.328 e. The molecule has 0 saturated heterocycles. The summed E-state index contributed by atoms with van der Waals surface area (Å²) in [7, 11) is 4.77. The molecular formula is C10H16N4O2. The van der Waals surface area contributed by atoms with Gasteiger partial charge in [-0.3, -0.25) is 13.9 Å². The predicted molar refractivity (Wildman–Crippen MR) is 62.5 cm³/mol. The number of rotatable bonds is 0. The van der Waals surface area contributed by atoms with Gasteiger partial charge in [-0.05, 0) is 0 Å². The second-order valence-corrected chi connectivity index (χ2v) is 3.23. The summed E-state index contributed by atoms with van der Waals surface area (Å²) in [5.41, 5.74) is 0.180. The van der Waals surface area contributed by atoms with Crippen LogP contribution < -0.4 is 11.2 Å². The van der Waals surface area contributed by atoms with Gasteiger partial charge >= 0.3 is 5.69 Å². The van der Waals surface area contributed by atoms with Crippen molar-refractivity contribution in [3.8, 4) is 0 Å². The Balaban J connectivity index is 0.000000606. The standard InChI is InChI=1S/C8H10N4O2.C2H6/c1-10-4-9-6-5(10)7(13)12(3)8(14)11(6)2;1-2/h4H,1-3H3;1-2H3. The number of aromatic nitrogens is 4. The highest BCUT2D eigenvalue weighted by Crippen LogP contribution is 2.01. The van der Waals surface area contributed by atoms with Crippen LogP contribution in [0.15, 0.2) is 15.9 Å². The summed E-state index contributed by atoms with van der Waals surface area (Å²) < 4.78 is 4.04. The van der Waals surface area contributed by atoms with E-state index in [1.165, 1.54) is 17.9 Å². The summed E-state index contributed by atoms with van der Waals surface area (Å²) in [6, 6.07) is 0. The third kappa shape index (κ3) is 1.56. The van der Waals surface area contributed by atoms with E-state index >= 15 is 0 Å². The second kappa shape index (κ2) is 4.34. The van der Waals surface area contributed by atoms with E-state index in [-0.39, 0.29) is 11.2 Å². The van der Waals surface area contributed by atoms with Gasteiger partial charge < -0.3 is 4.57 Å². The van der Waals surface area contributed by atoms with Crippen LogP contribution in [-0.2, 0) is 21.1 Å². The van der Waals surface area contributed by atoms with E-state index in [4.69, 9.17) is 0 Å². The van der Waals surface area contributed by atoms with Crippen molar-refractivity contribution in [2.24, 2.45) is 21.1 Å². The molecule has 0 amide bonds. The van der Waals surface area contributed by atoms with E-state index in [0.717, 1.165) is 4.57 Å². The Labute approximate surface area is 92.8 Å². The van der Waals surface area contributed by atoms with Crippen LogP contribution in [0, 0.1) is 0 Å². The molecule has 88 valence electrons. The quantitative estimate of drug-likeness (QED) is 0.632. The third-order valence-corrected chi connectivity index (χ3v) is 2.32. The minimum atomic E-state index is -0.360. The first-order valence-electron chi connectivity index (χ1n) is 5.11. The van der Waals surface area contributed by atoms with E-state index < -0.39 is 0 Å². The Bertz CT molecular complexity index is 618. The maximum Gasteiger partial charge on any atom is 0.332 e. The molecule has 0 aliphatic rings. The lowest BCUT2D eigenvalue weighted by Gasteiger charge is -2.02. The monoisotopic (exact) mass is 224 g/mol. The molecule has 0 unspecified atom stereocenters. The molecule has 0 aromatic carbocycles. The van der Waals surface area contributed by atoms with Gasteiger partial charge in [-0.2, -0.15) is 0 Å². The van der Waals surface area contributed by atoms with Crippen LogP contribution in [0.1, 0.15) is 13.8 Å². The zero-order valence-electron chi connectivity index (χ0n) is 10.2. The van der Waals surface area contributed by atoms with E-state index in [0.29, 0.717) is 11.2 Å². The van der Waals surface area contributed by atoms with Gasteiger partial charge in [-0.25, -0.2) is 9.78 Å². The highest BCUT2D eigenvalue weighted by atomic mass is 16.2. The van der Waals surface area contributed by atoms with Gasteiger partial charge in [0.05, 0.1) is 6.33 Å². The van der Waals surface area contributed by atoms with E-state index in [1.807, 2.05) is 13.8 Å². The molecule has 2 aromatic rings. The first-order chi connectivity index (χ1) is 7.54. The SMILES string of the molecule is CC.Cn1c(=O)c2c(ncn2C)n(C)c1=O. The lowest BCUT2D eigenvalue weighted by molar-refractivity contribution is 0.705. The molecule has 16 heavy (non-hydrogen) atoms. The van der Waals surface area contributed by atoms with Gasteiger partial charge in [0, 0.05) is 21.1 Å². The molecule has 0 N–H and O–H groups in total. The predicted octanol–water partition coefficient (Wildman–Crippen LogP) is -0.00310. The molecular weight excluding hydrogens is 208 g/mol. The van der Waals surface area contributed by atoms with Gasteiger partial charge in [0.2, 0.25) is 0 Å². The molecule has 2 aromatic heterocycles. The molecule has 0 atom stereocenters. The van der Waals surface area contributed by atoms with Crippen LogP contribution in [0.25, 0.3) is 11.2 Å². The van der Waals surface area contributed by atoms with Crippen molar-refractivity contribution >= 4 is 11.2 Å². The Kier molecular flexibility index (Phi) is 3.31. The van der Waals surface area contributed by atoms with Crippen molar-refractivity contribution < 1.29 is 0 Å². The van der Waals surface area contributed by atoms with Crippen molar-refractivity contribution in [1.82, 2.24) is 18.7 Å². The van der Waals surface area contributed by atoms with Crippen molar-refractivity contribution in [3.05, 3.63) is 27.2 Å². The summed E-state index contributed by atoms with van der Waals surface area (Å²) in [6.07, 6.45) is 1.52.